The van der Waals surface area contributed by atoms with Crippen LogP contribution in [0.2, 0.25) is 0 Å². The van der Waals surface area contributed by atoms with E-state index in [-0.39, 0.29) is 17.2 Å². The lowest BCUT2D eigenvalue weighted by molar-refractivity contribution is -0.113. The van der Waals surface area contributed by atoms with Gasteiger partial charge in [0.1, 0.15) is 5.88 Å². The number of aromatic nitrogens is 2. The van der Waals surface area contributed by atoms with Crippen LogP contribution in [0, 0.1) is 0 Å². The van der Waals surface area contributed by atoms with Crippen LogP contribution in [0.5, 0.6) is 0 Å². The Morgan fingerprint density at radius 3 is 2.47 bits per heavy atom. The van der Waals surface area contributed by atoms with Crippen molar-refractivity contribution in [3.63, 3.8) is 0 Å². The molecule has 15 heavy (non-hydrogen) atoms. The van der Waals surface area contributed by atoms with Gasteiger partial charge in [-0.15, -0.1) is 16.7 Å². The number of rotatable bonds is 2. The quantitative estimate of drug-likeness (QED) is 0.786. The molecule has 0 saturated heterocycles. The number of hydrogen-bond acceptors (Lipinski definition) is 3. The lowest BCUT2D eigenvalue weighted by Gasteiger charge is -2.16. The molecule has 0 aliphatic carbocycles. The highest BCUT2D eigenvalue weighted by molar-refractivity contribution is 6.28. The molecule has 0 atom stereocenters. The van der Waals surface area contributed by atoms with Crippen molar-refractivity contribution in [3.05, 3.63) is 17.8 Å². The molecule has 1 amide bonds. The van der Waals surface area contributed by atoms with Crippen LogP contribution in [0.25, 0.3) is 0 Å². The number of halogens is 1. The van der Waals surface area contributed by atoms with Crippen LogP contribution in [-0.2, 0) is 10.2 Å². The fraction of sp³-hybridized carbons (Fsp3) is 0.500. The number of anilines is 1. The number of carbonyl (C=O) groups excluding carboxylic acids is 1. The second-order valence-corrected chi connectivity index (χ2v) is 4.50. The third-order valence-corrected chi connectivity index (χ3v) is 2.06. The van der Waals surface area contributed by atoms with Crippen molar-refractivity contribution in [2.24, 2.45) is 0 Å². The summed E-state index contributed by atoms with van der Waals surface area (Å²) in [6.07, 6.45) is 0. The fourth-order valence-corrected chi connectivity index (χ4v) is 1.04. The molecule has 0 bridgehead atoms. The third kappa shape index (κ3) is 3.47. The summed E-state index contributed by atoms with van der Waals surface area (Å²) < 4.78 is 0. The normalized spacial score (nSPS) is 11.2. The molecule has 0 aromatic carbocycles. The van der Waals surface area contributed by atoms with Gasteiger partial charge in [-0.3, -0.25) is 4.79 Å². The Balaban J connectivity index is 2.77. The van der Waals surface area contributed by atoms with Crippen molar-refractivity contribution in [1.82, 2.24) is 10.2 Å². The minimum absolute atomic E-state index is 0.0397. The number of carbonyl (C=O) groups is 1. The molecule has 1 aromatic heterocycles. The molecule has 82 valence electrons. The Morgan fingerprint density at radius 2 is 2.07 bits per heavy atom. The Hall–Kier alpha value is -1.16. The van der Waals surface area contributed by atoms with Gasteiger partial charge in [0.25, 0.3) is 0 Å². The van der Waals surface area contributed by atoms with Crippen molar-refractivity contribution in [1.29, 1.82) is 0 Å². The average Bonchev–Trinajstić information content (AvgIpc) is 2.17. The summed E-state index contributed by atoms with van der Waals surface area (Å²) in [6, 6.07) is 3.56. The molecule has 1 rings (SSSR count). The zero-order chi connectivity index (χ0) is 11.5. The van der Waals surface area contributed by atoms with Gasteiger partial charge in [-0.1, -0.05) is 20.8 Å². The molecule has 1 heterocycles. The molecule has 0 fully saturated rings. The summed E-state index contributed by atoms with van der Waals surface area (Å²) in [6.45, 7) is 6.15. The molecule has 0 saturated carbocycles. The molecule has 5 heteroatoms. The van der Waals surface area contributed by atoms with Gasteiger partial charge in [-0.05, 0) is 12.1 Å². The predicted octanol–water partition coefficient (Wildman–Crippen LogP) is 1.95. The van der Waals surface area contributed by atoms with Crippen molar-refractivity contribution in [2.45, 2.75) is 26.2 Å². The zero-order valence-corrected chi connectivity index (χ0v) is 9.80. The van der Waals surface area contributed by atoms with Gasteiger partial charge in [-0.2, -0.15) is 5.10 Å². The van der Waals surface area contributed by atoms with E-state index in [2.05, 4.69) is 15.5 Å². The molecule has 0 aliphatic heterocycles. The maximum atomic E-state index is 11.0. The first-order valence-electron chi connectivity index (χ1n) is 4.63. The van der Waals surface area contributed by atoms with Crippen LogP contribution in [0.15, 0.2) is 12.1 Å². The fourth-order valence-electron chi connectivity index (χ4n) is 0.975. The lowest BCUT2D eigenvalue weighted by atomic mass is 9.92. The van der Waals surface area contributed by atoms with Crippen molar-refractivity contribution >= 4 is 23.3 Å². The number of hydrogen-bond donors (Lipinski definition) is 1. The van der Waals surface area contributed by atoms with Gasteiger partial charge in [0.05, 0.1) is 5.69 Å². The van der Waals surface area contributed by atoms with Crippen LogP contribution in [0.1, 0.15) is 26.5 Å². The van der Waals surface area contributed by atoms with Crippen LogP contribution < -0.4 is 5.32 Å². The summed E-state index contributed by atoms with van der Waals surface area (Å²) in [7, 11) is 0. The summed E-state index contributed by atoms with van der Waals surface area (Å²) >= 11 is 5.35. The molecule has 0 aliphatic rings. The zero-order valence-electron chi connectivity index (χ0n) is 9.04. The van der Waals surface area contributed by atoms with E-state index in [9.17, 15) is 4.79 Å². The molecular formula is C10H14ClN3O. The summed E-state index contributed by atoms with van der Waals surface area (Å²) in [5, 5.41) is 10.4. The number of alkyl halides is 1. The Morgan fingerprint density at radius 1 is 1.40 bits per heavy atom. The second-order valence-electron chi connectivity index (χ2n) is 4.24. The molecular weight excluding hydrogens is 214 g/mol. The van der Waals surface area contributed by atoms with E-state index in [0.29, 0.717) is 5.82 Å². The van der Waals surface area contributed by atoms with E-state index in [0.717, 1.165) is 5.69 Å². The topological polar surface area (TPSA) is 54.9 Å². The van der Waals surface area contributed by atoms with Gasteiger partial charge in [-0.25, -0.2) is 0 Å². The van der Waals surface area contributed by atoms with Gasteiger partial charge < -0.3 is 5.32 Å². The van der Waals surface area contributed by atoms with E-state index in [1.165, 1.54) is 0 Å². The molecule has 0 spiro atoms. The highest BCUT2D eigenvalue weighted by Gasteiger charge is 2.15. The van der Waals surface area contributed by atoms with E-state index >= 15 is 0 Å². The van der Waals surface area contributed by atoms with Crippen molar-refractivity contribution in [2.75, 3.05) is 11.2 Å². The van der Waals surface area contributed by atoms with E-state index in [1.807, 2.05) is 26.8 Å². The van der Waals surface area contributed by atoms with Gasteiger partial charge in [0.15, 0.2) is 5.82 Å². The van der Waals surface area contributed by atoms with Crippen LogP contribution >= 0.6 is 11.6 Å². The number of amides is 1. The summed E-state index contributed by atoms with van der Waals surface area (Å²) in [5.74, 6) is 0.0611. The predicted molar refractivity (Wildman–Crippen MR) is 60.1 cm³/mol. The van der Waals surface area contributed by atoms with E-state index < -0.39 is 0 Å². The highest BCUT2D eigenvalue weighted by Crippen LogP contribution is 2.19. The van der Waals surface area contributed by atoms with Gasteiger partial charge in [0.2, 0.25) is 5.91 Å². The molecule has 4 nitrogen and oxygen atoms in total. The van der Waals surface area contributed by atoms with Gasteiger partial charge in [0, 0.05) is 5.41 Å². The number of nitrogens with one attached hydrogen (secondary N) is 1. The van der Waals surface area contributed by atoms with Crippen LogP contribution in [-0.4, -0.2) is 22.0 Å². The smallest absolute Gasteiger partial charge is 0.240 e. The summed E-state index contributed by atoms with van der Waals surface area (Å²) in [4.78, 5) is 11.0. The first-order valence-corrected chi connectivity index (χ1v) is 5.17. The van der Waals surface area contributed by atoms with Crippen LogP contribution in [0.3, 0.4) is 0 Å². The Kier molecular flexibility index (Phi) is 3.63. The van der Waals surface area contributed by atoms with E-state index in [4.69, 9.17) is 11.6 Å². The number of nitrogens with zero attached hydrogens (tertiary/aromatic N) is 2. The van der Waals surface area contributed by atoms with Crippen molar-refractivity contribution < 1.29 is 4.79 Å². The standard InChI is InChI=1S/C10H14ClN3O/c1-10(2,3)7-4-5-8(14-13-7)12-9(15)6-11/h4-5H,6H2,1-3H3,(H,12,14,15). The minimum atomic E-state index is -0.283. The second kappa shape index (κ2) is 4.57. The largest absolute Gasteiger partial charge is 0.308 e. The van der Waals surface area contributed by atoms with Crippen molar-refractivity contribution in [3.8, 4) is 0 Å². The maximum absolute atomic E-state index is 11.0. The maximum Gasteiger partial charge on any atom is 0.240 e. The Bertz CT molecular complexity index is 343. The van der Waals surface area contributed by atoms with Gasteiger partial charge >= 0.3 is 0 Å². The summed E-state index contributed by atoms with van der Waals surface area (Å²) in [5.41, 5.74) is 0.841. The first kappa shape index (κ1) is 11.9. The molecule has 0 unspecified atom stereocenters. The monoisotopic (exact) mass is 227 g/mol. The SMILES string of the molecule is CC(C)(C)c1ccc(NC(=O)CCl)nn1. The van der Waals surface area contributed by atoms with E-state index in [1.54, 1.807) is 6.07 Å². The minimum Gasteiger partial charge on any atom is -0.308 e. The van der Waals surface area contributed by atoms with Crippen LogP contribution in [0.4, 0.5) is 5.82 Å². The molecule has 1 N–H and O–H groups in total. The average molecular weight is 228 g/mol. The highest BCUT2D eigenvalue weighted by atomic mass is 35.5. The molecule has 0 radical (unpaired) electrons. The lowest BCUT2D eigenvalue weighted by Crippen LogP contribution is -2.17. The third-order valence-electron chi connectivity index (χ3n) is 1.82. The molecule has 1 aromatic rings. The first-order chi connectivity index (χ1) is 6.93. The Labute approximate surface area is 94.0 Å².